The van der Waals surface area contributed by atoms with E-state index in [0.29, 0.717) is 11.4 Å². The Morgan fingerprint density at radius 3 is 2.16 bits per heavy atom. The lowest BCUT2D eigenvalue weighted by molar-refractivity contribution is 0.262. The highest BCUT2D eigenvalue weighted by atomic mass is 32.1. The number of aryl methyl sites for hydroxylation is 3. The van der Waals surface area contributed by atoms with Crippen molar-refractivity contribution in [2.45, 2.75) is 20.8 Å². The van der Waals surface area contributed by atoms with Gasteiger partial charge in [-0.05, 0) is 80.9 Å². The van der Waals surface area contributed by atoms with Crippen LogP contribution in [0.4, 0.5) is 16.2 Å². The van der Waals surface area contributed by atoms with Crippen molar-refractivity contribution in [3.05, 3.63) is 77.6 Å². The van der Waals surface area contributed by atoms with Crippen molar-refractivity contribution in [2.24, 2.45) is 0 Å². The molecule has 0 atom stereocenters. The van der Waals surface area contributed by atoms with Gasteiger partial charge in [0, 0.05) is 16.9 Å². The average Bonchev–Trinajstić information content (AvgIpc) is 3.18. The number of urea groups is 1. The molecule has 0 spiro atoms. The van der Waals surface area contributed by atoms with E-state index in [1.165, 1.54) is 10.3 Å². The second-order valence-corrected chi connectivity index (χ2v) is 8.78. The molecule has 0 saturated heterocycles. The third kappa shape index (κ3) is 4.02. The van der Waals surface area contributed by atoms with Gasteiger partial charge in [-0.1, -0.05) is 6.07 Å². The summed E-state index contributed by atoms with van der Waals surface area (Å²) in [5, 5.41) is 6.69. The lowest BCUT2D eigenvalue weighted by Gasteiger charge is -2.09. The van der Waals surface area contributed by atoms with Gasteiger partial charge in [-0.2, -0.15) is 0 Å². The van der Waals surface area contributed by atoms with Gasteiger partial charge in [-0.3, -0.25) is 0 Å². The van der Waals surface area contributed by atoms with Crippen molar-refractivity contribution in [3.8, 4) is 10.6 Å². The SMILES string of the molecule is Cc1ccc2nc(-c3ccc(NC(=O)Nc4ccc5nc(C)c(C)nc5c4)cc3)sc2c1. The zero-order chi connectivity index (χ0) is 22.2. The lowest BCUT2D eigenvalue weighted by Crippen LogP contribution is -2.19. The molecule has 5 aromatic rings. The van der Waals surface area contributed by atoms with Gasteiger partial charge in [0.25, 0.3) is 0 Å². The number of anilines is 2. The number of carbonyl (C=O) groups excluding carboxylic acids is 1. The second-order valence-electron chi connectivity index (χ2n) is 7.74. The van der Waals surface area contributed by atoms with E-state index in [4.69, 9.17) is 4.98 Å². The monoisotopic (exact) mass is 439 g/mol. The number of nitrogens with zero attached hydrogens (tertiary/aromatic N) is 3. The van der Waals surface area contributed by atoms with Crippen LogP contribution in [0.15, 0.2) is 60.7 Å². The van der Waals surface area contributed by atoms with Crippen molar-refractivity contribution in [1.29, 1.82) is 0 Å². The minimum Gasteiger partial charge on any atom is -0.308 e. The molecule has 3 aromatic carbocycles. The summed E-state index contributed by atoms with van der Waals surface area (Å²) >= 11 is 1.67. The topological polar surface area (TPSA) is 79.8 Å². The van der Waals surface area contributed by atoms with Crippen LogP contribution in [0.2, 0.25) is 0 Å². The van der Waals surface area contributed by atoms with Crippen LogP contribution in [-0.4, -0.2) is 21.0 Å². The Balaban J connectivity index is 1.29. The molecule has 0 aliphatic heterocycles. The van der Waals surface area contributed by atoms with E-state index in [-0.39, 0.29) is 6.03 Å². The minimum absolute atomic E-state index is 0.315. The van der Waals surface area contributed by atoms with Crippen LogP contribution in [0.5, 0.6) is 0 Å². The first-order valence-corrected chi connectivity index (χ1v) is 11.1. The molecule has 0 aliphatic rings. The molecule has 2 heterocycles. The largest absolute Gasteiger partial charge is 0.323 e. The fraction of sp³-hybridized carbons (Fsp3) is 0.120. The first-order chi connectivity index (χ1) is 15.4. The molecule has 32 heavy (non-hydrogen) atoms. The summed E-state index contributed by atoms with van der Waals surface area (Å²) in [4.78, 5) is 26.3. The van der Waals surface area contributed by atoms with Crippen molar-refractivity contribution < 1.29 is 4.79 Å². The maximum Gasteiger partial charge on any atom is 0.323 e. The third-order valence-corrected chi connectivity index (χ3v) is 6.33. The van der Waals surface area contributed by atoms with E-state index >= 15 is 0 Å². The average molecular weight is 440 g/mol. The van der Waals surface area contributed by atoms with E-state index in [0.717, 1.165) is 38.5 Å². The van der Waals surface area contributed by atoms with Gasteiger partial charge in [0.15, 0.2) is 0 Å². The van der Waals surface area contributed by atoms with E-state index < -0.39 is 0 Å². The minimum atomic E-state index is -0.315. The summed E-state index contributed by atoms with van der Waals surface area (Å²) in [6.45, 7) is 5.94. The molecule has 5 rings (SSSR count). The Hall–Kier alpha value is -3.84. The molecule has 0 unspecified atom stereocenters. The number of hydrogen-bond donors (Lipinski definition) is 2. The summed E-state index contributed by atoms with van der Waals surface area (Å²) in [5.41, 5.74) is 7.95. The van der Waals surface area contributed by atoms with Gasteiger partial charge < -0.3 is 10.6 Å². The molecule has 0 bridgehead atoms. The van der Waals surface area contributed by atoms with E-state index in [1.807, 2.05) is 62.4 Å². The van der Waals surface area contributed by atoms with Crippen LogP contribution >= 0.6 is 11.3 Å². The number of benzene rings is 3. The highest BCUT2D eigenvalue weighted by Gasteiger charge is 2.09. The van der Waals surface area contributed by atoms with Crippen molar-refractivity contribution in [3.63, 3.8) is 0 Å². The van der Waals surface area contributed by atoms with Crippen LogP contribution in [0.1, 0.15) is 17.0 Å². The Labute approximate surface area is 189 Å². The van der Waals surface area contributed by atoms with Crippen molar-refractivity contribution in [2.75, 3.05) is 10.6 Å². The number of nitrogens with one attached hydrogen (secondary N) is 2. The quantitative estimate of drug-likeness (QED) is 0.337. The standard InChI is InChI=1S/C25H21N5OS/c1-14-4-10-21-23(12-14)32-24(30-21)17-5-7-18(8-6-17)28-25(31)29-19-9-11-20-22(13-19)27-16(3)15(2)26-20/h4-13H,1-3H3,(H2,28,29,31). The molecule has 0 aliphatic carbocycles. The molecule has 158 valence electrons. The number of fused-ring (bicyclic) bond motifs is 2. The molecule has 0 saturated carbocycles. The molecule has 0 radical (unpaired) electrons. The van der Waals surface area contributed by atoms with E-state index in [9.17, 15) is 4.79 Å². The van der Waals surface area contributed by atoms with Crippen molar-refractivity contribution >= 4 is 50.0 Å². The second kappa shape index (κ2) is 8.01. The number of aromatic nitrogens is 3. The Bertz CT molecular complexity index is 1470. The summed E-state index contributed by atoms with van der Waals surface area (Å²) in [6.07, 6.45) is 0. The van der Waals surface area contributed by atoms with Gasteiger partial charge in [0.1, 0.15) is 5.01 Å². The Morgan fingerprint density at radius 2 is 1.38 bits per heavy atom. The van der Waals surface area contributed by atoms with E-state index in [2.05, 4.69) is 39.7 Å². The molecule has 2 N–H and O–H groups in total. The molecular weight excluding hydrogens is 418 g/mol. The predicted molar refractivity (Wildman–Crippen MR) is 131 cm³/mol. The molecule has 2 amide bonds. The van der Waals surface area contributed by atoms with Crippen LogP contribution < -0.4 is 10.6 Å². The maximum absolute atomic E-state index is 12.5. The highest BCUT2D eigenvalue weighted by molar-refractivity contribution is 7.21. The van der Waals surface area contributed by atoms with Crippen molar-refractivity contribution in [1.82, 2.24) is 15.0 Å². The maximum atomic E-state index is 12.5. The van der Waals surface area contributed by atoms with Gasteiger partial charge in [-0.25, -0.2) is 19.7 Å². The molecule has 7 heteroatoms. The molecule has 2 aromatic heterocycles. The van der Waals surface area contributed by atoms with Gasteiger partial charge >= 0.3 is 6.03 Å². The number of carbonyl (C=O) groups is 1. The summed E-state index contributed by atoms with van der Waals surface area (Å²) < 4.78 is 1.17. The summed E-state index contributed by atoms with van der Waals surface area (Å²) in [6, 6.07) is 19.2. The van der Waals surface area contributed by atoms with Gasteiger partial charge in [0.2, 0.25) is 0 Å². The Kier molecular flexibility index (Phi) is 5.03. The third-order valence-electron chi connectivity index (χ3n) is 5.27. The first-order valence-electron chi connectivity index (χ1n) is 10.3. The van der Waals surface area contributed by atoms with Gasteiger partial charge in [-0.15, -0.1) is 11.3 Å². The summed E-state index contributed by atoms with van der Waals surface area (Å²) in [7, 11) is 0. The van der Waals surface area contributed by atoms with Crippen LogP contribution in [-0.2, 0) is 0 Å². The number of rotatable bonds is 3. The number of amides is 2. The van der Waals surface area contributed by atoms with Crippen LogP contribution in [0, 0.1) is 20.8 Å². The fourth-order valence-corrected chi connectivity index (χ4v) is 4.52. The van der Waals surface area contributed by atoms with Gasteiger partial charge in [0.05, 0.1) is 32.6 Å². The lowest BCUT2D eigenvalue weighted by atomic mass is 10.2. The Morgan fingerprint density at radius 1 is 0.719 bits per heavy atom. The number of hydrogen-bond acceptors (Lipinski definition) is 5. The molecular formula is C25H21N5OS. The first kappa shape index (κ1) is 20.1. The van der Waals surface area contributed by atoms with Crippen LogP contribution in [0.25, 0.3) is 31.8 Å². The smallest absolute Gasteiger partial charge is 0.308 e. The number of thiazole rings is 1. The molecule has 0 fully saturated rings. The van der Waals surface area contributed by atoms with E-state index in [1.54, 1.807) is 11.3 Å². The molecule has 6 nitrogen and oxygen atoms in total. The highest BCUT2D eigenvalue weighted by Crippen LogP contribution is 2.31. The summed E-state index contributed by atoms with van der Waals surface area (Å²) in [5.74, 6) is 0. The predicted octanol–water partition coefficient (Wildman–Crippen LogP) is 6.48. The fourth-order valence-electron chi connectivity index (χ4n) is 3.45. The normalized spacial score (nSPS) is 11.1. The zero-order valence-electron chi connectivity index (χ0n) is 17.9. The zero-order valence-corrected chi connectivity index (χ0v) is 18.7. The van der Waals surface area contributed by atoms with Crippen LogP contribution in [0.3, 0.4) is 0 Å².